The van der Waals surface area contributed by atoms with E-state index in [1.807, 2.05) is 0 Å². The second-order valence-electron chi connectivity index (χ2n) is 8.82. The summed E-state index contributed by atoms with van der Waals surface area (Å²) in [6.07, 6.45) is -3.26. The molecule has 2 fully saturated rings. The van der Waals surface area contributed by atoms with Gasteiger partial charge in [0.05, 0.1) is 6.33 Å². The fourth-order valence-corrected chi connectivity index (χ4v) is 6.28. The maximum absolute atomic E-state index is 15.6. The molecule has 20 heteroatoms. The number of aromatic nitrogens is 8. The van der Waals surface area contributed by atoms with Crippen molar-refractivity contribution >= 4 is 56.9 Å². The highest BCUT2D eigenvalue weighted by Gasteiger charge is 2.53. The fraction of sp³-hybridized carbons (Fsp3) is 0.400. The number of aliphatic hydroxyl groups excluding tert-OH is 1. The lowest BCUT2D eigenvalue weighted by Crippen LogP contribution is -2.30. The number of allylic oxidation sites excluding steroid dienone is 1. The van der Waals surface area contributed by atoms with E-state index in [9.17, 15) is 14.5 Å². The molecule has 0 aromatic carbocycles. The van der Waals surface area contributed by atoms with Crippen molar-refractivity contribution in [1.29, 1.82) is 0 Å². The molecule has 0 spiro atoms. The molecule has 7 atom stereocenters. The molecule has 2 aliphatic rings. The molecule has 3 unspecified atom stereocenters. The molecule has 4 aromatic heterocycles. The summed E-state index contributed by atoms with van der Waals surface area (Å²) in [6.45, 7) is 1.28. The summed E-state index contributed by atoms with van der Waals surface area (Å²) in [5, 5.41) is 11.0. The zero-order chi connectivity index (χ0) is 28.1. The number of nitrogens with one attached hydrogen (secondary N) is 1. The van der Waals surface area contributed by atoms with Crippen LogP contribution in [-0.4, -0.2) is 81.6 Å². The lowest BCUT2D eigenvalue weighted by atomic mass is 10.1. The Morgan fingerprint density at radius 3 is 2.85 bits per heavy atom. The number of nitrogen functional groups attached to an aromatic ring is 2. The van der Waals surface area contributed by atoms with Crippen LogP contribution in [0.1, 0.15) is 13.2 Å². The average molecular weight is 595 g/mol. The van der Waals surface area contributed by atoms with E-state index in [1.165, 1.54) is 23.5 Å². The molecule has 2 bridgehead atoms. The van der Waals surface area contributed by atoms with Crippen molar-refractivity contribution in [3.05, 3.63) is 34.9 Å². The van der Waals surface area contributed by atoms with E-state index >= 15 is 4.39 Å². The second-order valence-corrected chi connectivity index (χ2v) is 10.6. The molecule has 2 saturated heterocycles. The summed E-state index contributed by atoms with van der Waals surface area (Å²) in [5.41, 5.74) is 12.6. The van der Waals surface area contributed by atoms with Crippen molar-refractivity contribution in [3.63, 3.8) is 0 Å². The van der Waals surface area contributed by atoms with Gasteiger partial charge in [-0.1, -0.05) is 0 Å². The van der Waals surface area contributed by atoms with Gasteiger partial charge in [0.15, 0.2) is 52.9 Å². The molecule has 0 radical (unpaired) electrons. The van der Waals surface area contributed by atoms with Gasteiger partial charge in [0.1, 0.15) is 25.4 Å². The molecule has 6 N–H and O–H groups in total. The van der Waals surface area contributed by atoms with Crippen molar-refractivity contribution in [2.24, 2.45) is 0 Å². The Balaban J connectivity index is 1.32. The van der Waals surface area contributed by atoms with Gasteiger partial charge in [-0.25, -0.2) is 24.3 Å². The number of nitrogens with zero attached hydrogens (tertiary/aromatic N) is 7. The number of hydrogen-bond acceptors (Lipinski definition) is 14. The molecule has 6 heterocycles. The summed E-state index contributed by atoms with van der Waals surface area (Å²) >= 11 is 0. The summed E-state index contributed by atoms with van der Waals surface area (Å²) < 4.78 is 53.4. The third kappa shape index (κ3) is 4.62. The molecule has 17 nitrogen and oxygen atoms in total. The Labute approximate surface area is 225 Å². The maximum Gasteiger partial charge on any atom is 0.698 e. The van der Waals surface area contributed by atoms with E-state index in [-0.39, 0.29) is 37.9 Å². The van der Waals surface area contributed by atoms with Gasteiger partial charge in [-0.15, -0.1) is 9.05 Å². The molecule has 6 rings (SSSR count). The van der Waals surface area contributed by atoms with Crippen LogP contribution >= 0.6 is 17.1 Å². The molecule has 0 amide bonds. The van der Waals surface area contributed by atoms with Gasteiger partial charge in [0.25, 0.3) is 5.56 Å². The Bertz CT molecular complexity index is 1710. The van der Waals surface area contributed by atoms with E-state index in [0.717, 1.165) is 0 Å². The number of aliphatic hydroxyl groups is 1. The fourth-order valence-electron chi connectivity index (χ4n) is 4.46. The van der Waals surface area contributed by atoms with Crippen LogP contribution in [0.25, 0.3) is 28.0 Å². The van der Waals surface area contributed by atoms with E-state index < -0.39 is 51.3 Å². The predicted molar refractivity (Wildman–Crippen MR) is 139 cm³/mol. The van der Waals surface area contributed by atoms with Crippen LogP contribution in [-0.2, 0) is 22.9 Å². The maximum atomic E-state index is 15.6. The van der Waals surface area contributed by atoms with E-state index in [4.69, 9.17) is 29.8 Å². The summed E-state index contributed by atoms with van der Waals surface area (Å²) in [7, 11) is -3.32. The molecule has 0 saturated carbocycles. The Morgan fingerprint density at radius 1 is 1.23 bits per heavy atom. The summed E-state index contributed by atoms with van der Waals surface area (Å²) in [4.78, 5) is 35.0. The topological polar surface area (TPSA) is 233 Å². The monoisotopic (exact) mass is 595 g/mol. The SMILES string of the molecule is C/C(=C1\CPOC2O[C@@H](n3cnc4c(=O)[nH]c(N)nc43)[C@H](O[P+](=O)OC[C@H]1O)[C@@H]2F)n1cnc2c(N)ncnc21. The number of nitrogens with two attached hydrogens (primary N) is 2. The smallest absolute Gasteiger partial charge is 0.386 e. The second kappa shape index (κ2) is 10.5. The lowest BCUT2D eigenvalue weighted by molar-refractivity contribution is -0.109. The number of ether oxygens (including phenoxy) is 1. The third-order valence-corrected chi connectivity index (χ3v) is 8.15. The van der Waals surface area contributed by atoms with Gasteiger partial charge in [0.2, 0.25) is 5.95 Å². The summed E-state index contributed by atoms with van der Waals surface area (Å²) in [5.74, 6) is -0.00212. The summed E-state index contributed by atoms with van der Waals surface area (Å²) in [6, 6.07) is 0. The first-order chi connectivity index (χ1) is 19.2. The van der Waals surface area contributed by atoms with Gasteiger partial charge >= 0.3 is 8.25 Å². The van der Waals surface area contributed by atoms with Crippen LogP contribution < -0.4 is 17.0 Å². The lowest BCUT2D eigenvalue weighted by Gasteiger charge is -2.20. The first kappa shape index (κ1) is 26.7. The highest BCUT2D eigenvalue weighted by atomic mass is 31.1. The zero-order valence-corrected chi connectivity index (χ0v) is 22.4. The van der Waals surface area contributed by atoms with Crippen molar-refractivity contribution in [2.45, 2.75) is 37.8 Å². The molecule has 210 valence electrons. The Kier molecular flexibility index (Phi) is 7.00. The number of anilines is 2. The first-order valence-corrected chi connectivity index (χ1v) is 13.9. The van der Waals surface area contributed by atoms with Crippen molar-refractivity contribution < 1.29 is 32.4 Å². The van der Waals surface area contributed by atoms with Crippen molar-refractivity contribution in [3.8, 4) is 0 Å². The van der Waals surface area contributed by atoms with Gasteiger partial charge in [-0.2, -0.15) is 4.98 Å². The minimum atomic E-state index is -2.94. The largest absolute Gasteiger partial charge is 0.698 e. The average Bonchev–Trinajstić information content (AvgIpc) is 3.62. The van der Waals surface area contributed by atoms with Gasteiger partial charge in [-0.05, 0) is 12.5 Å². The Morgan fingerprint density at radius 2 is 2.02 bits per heavy atom. The van der Waals surface area contributed by atoms with Gasteiger partial charge in [-0.3, -0.25) is 18.9 Å². The van der Waals surface area contributed by atoms with Gasteiger partial charge < -0.3 is 25.8 Å². The molecular weight excluding hydrogens is 573 g/mol. The highest BCUT2D eigenvalue weighted by Crippen LogP contribution is 2.44. The number of fused-ring (bicyclic) bond motifs is 4. The first-order valence-electron chi connectivity index (χ1n) is 11.7. The number of halogens is 1. The minimum Gasteiger partial charge on any atom is -0.386 e. The van der Waals surface area contributed by atoms with Crippen LogP contribution in [0.3, 0.4) is 0 Å². The van der Waals surface area contributed by atoms with Crippen LogP contribution in [0.2, 0.25) is 0 Å². The quantitative estimate of drug-likeness (QED) is 0.232. The van der Waals surface area contributed by atoms with Crippen LogP contribution in [0.5, 0.6) is 0 Å². The molecular formula is C20H22FN10O7P2+. The predicted octanol–water partition coefficient (Wildman–Crippen LogP) is 0.592. The molecule has 0 aliphatic carbocycles. The van der Waals surface area contributed by atoms with Crippen molar-refractivity contribution in [2.75, 3.05) is 24.2 Å². The minimum absolute atomic E-state index is 0.00359. The number of imidazole rings is 2. The number of hydrogen-bond donors (Lipinski definition) is 4. The normalized spacial score (nSPS) is 29.1. The Hall–Kier alpha value is -3.50. The van der Waals surface area contributed by atoms with E-state index in [1.54, 1.807) is 11.5 Å². The highest BCUT2D eigenvalue weighted by molar-refractivity contribution is 7.33. The molecule has 40 heavy (non-hydrogen) atoms. The van der Waals surface area contributed by atoms with E-state index in [0.29, 0.717) is 22.4 Å². The molecule has 2 aliphatic heterocycles. The number of H-pyrrole nitrogens is 1. The standard InChI is InChI=1S/C20H21FN10O7P2/c1-7(30-5-26-11-14(22)24-4-25-15(11)30)8-3-39-37-19-10(21)13(38-40(34)35-2-9(8)32)18(36-19)31-6-27-12-16(31)28-20(23)29-17(12)33/h4-6,9-10,13,18-19,32,39H,2-3H2,1H3,(H4-,22,23,24,25,28,29,33)/p+1/b8-7-/t9-,10+,13-,18-,19?/m1/s1. The molecule has 4 aromatic rings. The van der Waals surface area contributed by atoms with Crippen LogP contribution in [0.15, 0.2) is 29.3 Å². The van der Waals surface area contributed by atoms with Crippen LogP contribution in [0.4, 0.5) is 16.2 Å². The van der Waals surface area contributed by atoms with E-state index in [2.05, 4.69) is 29.9 Å². The van der Waals surface area contributed by atoms with Crippen molar-refractivity contribution in [1.82, 2.24) is 39.0 Å². The van der Waals surface area contributed by atoms with Crippen LogP contribution in [0, 0.1) is 0 Å². The third-order valence-electron chi connectivity index (χ3n) is 6.45. The number of aromatic amines is 1. The number of rotatable bonds is 2. The number of alkyl halides is 1. The zero-order valence-electron chi connectivity index (χ0n) is 20.5. The van der Waals surface area contributed by atoms with Gasteiger partial charge in [0, 0.05) is 25.2 Å².